The van der Waals surface area contributed by atoms with E-state index in [9.17, 15) is 9.59 Å². The molecule has 0 saturated heterocycles. The molecule has 1 unspecified atom stereocenters. The molecule has 2 aromatic carbocycles. The lowest BCUT2D eigenvalue weighted by Gasteiger charge is -2.35. The van der Waals surface area contributed by atoms with Gasteiger partial charge in [0, 0.05) is 17.6 Å². The van der Waals surface area contributed by atoms with Crippen LogP contribution in [-0.4, -0.2) is 29.2 Å². The van der Waals surface area contributed by atoms with E-state index in [4.69, 9.17) is 0 Å². The fourth-order valence-corrected chi connectivity index (χ4v) is 4.23. The van der Waals surface area contributed by atoms with E-state index < -0.39 is 0 Å². The van der Waals surface area contributed by atoms with Crippen molar-refractivity contribution in [3.8, 4) is 0 Å². The monoisotopic (exact) mass is 362 g/mol. The molecule has 4 heteroatoms. The van der Waals surface area contributed by atoms with Crippen LogP contribution in [0, 0.1) is 0 Å². The van der Waals surface area contributed by atoms with Gasteiger partial charge in [0.15, 0.2) is 5.78 Å². The van der Waals surface area contributed by atoms with Crippen molar-refractivity contribution in [3.05, 3.63) is 65.2 Å². The summed E-state index contributed by atoms with van der Waals surface area (Å²) in [6.45, 7) is 1.90. The van der Waals surface area contributed by atoms with E-state index in [2.05, 4.69) is 34.5 Å². The minimum atomic E-state index is -0.0429. The standard InChI is InChI=1S/C23H26N2O2/c1-16(26)19-9-4-5-11-21(19)24-23(27)15-25(18-13-14-18)22-12-6-8-17-7-2-3-10-20(17)22/h2-5,7,9-11,18,22H,6,8,12-15H2,1H3,(H,24,27). The summed E-state index contributed by atoms with van der Waals surface area (Å²) in [5.74, 6) is -0.0789. The highest BCUT2D eigenvalue weighted by Crippen LogP contribution is 2.40. The van der Waals surface area contributed by atoms with E-state index in [1.165, 1.54) is 24.5 Å². The van der Waals surface area contributed by atoms with E-state index in [1.54, 1.807) is 12.1 Å². The van der Waals surface area contributed by atoms with Crippen molar-refractivity contribution in [1.82, 2.24) is 4.90 Å². The molecule has 1 saturated carbocycles. The van der Waals surface area contributed by atoms with Gasteiger partial charge in [-0.25, -0.2) is 0 Å². The Morgan fingerprint density at radius 3 is 2.56 bits per heavy atom. The Bertz CT molecular complexity index is 857. The number of Topliss-reactive ketones (excluding diaryl/α,β-unsaturated/α-hetero) is 1. The smallest absolute Gasteiger partial charge is 0.238 e. The average Bonchev–Trinajstić information content (AvgIpc) is 3.51. The van der Waals surface area contributed by atoms with Gasteiger partial charge in [-0.1, -0.05) is 36.4 Å². The third-order valence-corrected chi connectivity index (χ3v) is 5.66. The molecule has 0 radical (unpaired) electrons. The number of benzene rings is 2. The van der Waals surface area contributed by atoms with Gasteiger partial charge in [0.25, 0.3) is 0 Å². The number of nitrogens with one attached hydrogen (secondary N) is 1. The van der Waals surface area contributed by atoms with Crippen molar-refractivity contribution in [2.75, 3.05) is 11.9 Å². The van der Waals surface area contributed by atoms with Gasteiger partial charge in [0.1, 0.15) is 0 Å². The minimum Gasteiger partial charge on any atom is -0.324 e. The summed E-state index contributed by atoms with van der Waals surface area (Å²) in [4.78, 5) is 27.0. The summed E-state index contributed by atoms with van der Waals surface area (Å²) in [6.07, 6.45) is 5.72. The second-order valence-electron chi connectivity index (χ2n) is 7.66. The van der Waals surface area contributed by atoms with Crippen LogP contribution < -0.4 is 5.32 Å². The number of nitrogens with zero attached hydrogens (tertiary/aromatic N) is 1. The first kappa shape index (κ1) is 17.9. The molecule has 4 rings (SSSR count). The highest BCUT2D eigenvalue weighted by Gasteiger charge is 2.37. The van der Waals surface area contributed by atoms with Gasteiger partial charge >= 0.3 is 0 Å². The van der Waals surface area contributed by atoms with Gasteiger partial charge in [0.05, 0.1) is 12.2 Å². The molecule has 1 atom stereocenters. The van der Waals surface area contributed by atoms with Gasteiger partial charge in [0.2, 0.25) is 5.91 Å². The van der Waals surface area contributed by atoms with E-state index in [0.717, 1.165) is 25.7 Å². The van der Waals surface area contributed by atoms with Crippen molar-refractivity contribution in [1.29, 1.82) is 0 Å². The molecule has 2 aliphatic rings. The number of hydrogen-bond donors (Lipinski definition) is 1. The second-order valence-corrected chi connectivity index (χ2v) is 7.66. The van der Waals surface area contributed by atoms with Crippen LogP contribution in [0.5, 0.6) is 0 Å². The molecule has 0 bridgehead atoms. The maximum atomic E-state index is 12.8. The molecular weight excluding hydrogens is 336 g/mol. The fourth-order valence-electron chi connectivity index (χ4n) is 4.23. The number of hydrogen-bond acceptors (Lipinski definition) is 3. The number of carbonyl (C=O) groups excluding carboxylic acids is 2. The zero-order valence-corrected chi connectivity index (χ0v) is 15.8. The van der Waals surface area contributed by atoms with E-state index in [-0.39, 0.29) is 11.7 Å². The lowest BCUT2D eigenvalue weighted by atomic mass is 9.86. The number of fused-ring (bicyclic) bond motifs is 1. The summed E-state index contributed by atoms with van der Waals surface area (Å²) < 4.78 is 0. The molecule has 0 aliphatic heterocycles. The van der Waals surface area contributed by atoms with Gasteiger partial charge in [-0.05, 0) is 62.3 Å². The molecule has 1 N–H and O–H groups in total. The van der Waals surface area contributed by atoms with Crippen LogP contribution in [0.1, 0.15) is 60.1 Å². The number of anilines is 1. The fraction of sp³-hybridized carbons (Fsp3) is 0.391. The zero-order chi connectivity index (χ0) is 18.8. The van der Waals surface area contributed by atoms with Crippen LogP contribution in [0.3, 0.4) is 0 Å². The normalized spacial score (nSPS) is 18.8. The number of rotatable bonds is 6. The molecule has 4 nitrogen and oxygen atoms in total. The van der Waals surface area contributed by atoms with Crippen molar-refractivity contribution >= 4 is 17.4 Å². The Morgan fingerprint density at radius 1 is 1.04 bits per heavy atom. The van der Waals surface area contributed by atoms with Crippen molar-refractivity contribution in [3.63, 3.8) is 0 Å². The Balaban J connectivity index is 1.52. The van der Waals surface area contributed by atoms with Crippen molar-refractivity contribution in [2.45, 2.75) is 51.1 Å². The number of aryl methyl sites for hydroxylation is 1. The van der Waals surface area contributed by atoms with Gasteiger partial charge in [-0.2, -0.15) is 0 Å². The van der Waals surface area contributed by atoms with Gasteiger partial charge in [-0.3, -0.25) is 14.5 Å². The molecule has 2 aliphatic carbocycles. The molecule has 140 valence electrons. The van der Waals surface area contributed by atoms with Crippen molar-refractivity contribution < 1.29 is 9.59 Å². The summed E-state index contributed by atoms with van der Waals surface area (Å²) in [5.41, 5.74) is 3.97. The molecule has 0 spiro atoms. The molecule has 2 aromatic rings. The molecular formula is C23H26N2O2. The summed E-state index contributed by atoms with van der Waals surface area (Å²) in [6, 6.07) is 16.7. The first-order valence-electron chi connectivity index (χ1n) is 9.87. The number of carbonyl (C=O) groups is 2. The van der Waals surface area contributed by atoms with Crippen LogP contribution in [0.2, 0.25) is 0 Å². The summed E-state index contributed by atoms with van der Waals surface area (Å²) in [7, 11) is 0. The third kappa shape index (κ3) is 3.96. The lowest BCUT2D eigenvalue weighted by Crippen LogP contribution is -2.39. The predicted molar refractivity (Wildman–Crippen MR) is 107 cm³/mol. The average molecular weight is 362 g/mol. The summed E-state index contributed by atoms with van der Waals surface area (Å²) >= 11 is 0. The largest absolute Gasteiger partial charge is 0.324 e. The van der Waals surface area contributed by atoms with E-state index in [1.807, 2.05) is 12.1 Å². The van der Waals surface area contributed by atoms with E-state index >= 15 is 0 Å². The molecule has 0 aromatic heterocycles. The first-order chi connectivity index (χ1) is 13.1. The Hall–Kier alpha value is -2.46. The summed E-state index contributed by atoms with van der Waals surface area (Å²) in [5, 5.41) is 2.97. The van der Waals surface area contributed by atoms with Gasteiger partial charge in [-0.15, -0.1) is 0 Å². The number of para-hydroxylation sites is 1. The lowest BCUT2D eigenvalue weighted by molar-refractivity contribution is -0.118. The third-order valence-electron chi connectivity index (χ3n) is 5.66. The highest BCUT2D eigenvalue weighted by molar-refractivity contribution is 6.04. The Labute approximate surface area is 160 Å². The van der Waals surface area contributed by atoms with Crippen LogP contribution in [0.4, 0.5) is 5.69 Å². The topological polar surface area (TPSA) is 49.4 Å². The maximum absolute atomic E-state index is 12.8. The minimum absolute atomic E-state index is 0.0360. The Kier molecular flexibility index (Phi) is 5.08. The SMILES string of the molecule is CC(=O)c1ccccc1NC(=O)CN(C1CC1)C1CCCc2ccccc21. The Morgan fingerprint density at radius 2 is 1.78 bits per heavy atom. The number of ketones is 1. The zero-order valence-electron chi connectivity index (χ0n) is 15.8. The second kappa shape index (κ2) is 7.65. The van der Waals surface area contributed by atoms with E-state index in [0.29, 0.717) is 29.9 Å². The van der Waals surface area contributed by atoms with Gasteiger partial charge < -0.3 is 5.32 Å². The van der Waals surface area contributed by atoms with Crippen LogP contribution >= 0.6 is 0 Å². The highest BCUT2D eigenvalue weighted by atomic mass is 16.2. The molecule has 27 heavy (non-hydrogen) atoms. The van der Waals surface area contributed by atoms with Crippen LogP contribution in [-0.2, 0) is 11.2 Å². The predicted octanol–water partition coefficient (Wildman–Crippen LogP) is 4.37. The van der Waals surface area contributed by atoms with Crippen LogP contribution in [0.25, 0.3) is 0 Å². The van der Waals surface area contributed by atoms with Crippen LogP contribution in [0.15, 0.2) is 48.5 Å². The van der Waals surface area contributed by atoms with Crippen molar-refractivity contribution in [2.24, 2.45) is 0 Å². The first-order valence-corrected chi connectivity index (χ1v) is 9.87. The maximum Gasteiger partial charge on any atom is 0.238 e. The quantitative estimate of drug-likeness (QED) is 0.776. The molecule has 0 heterocycles. The molecule has 1 amide bonds. The molecule has 1 fully saturated rings. The number of amides is 1.